The van der Waals surface area contributed by atoms with Crippen molar-refractivity contribution in [3.8, 4) is 11.5 Å². The minimum absolute atomic E-state index is 0.0700. The minimum atomic E-state index is -0.562. The third-order valence-electron chi connectivity index (χ3n) is 7.11. The van der Waals surface area contributed by atoms with Gasteiger partial charge in [-0.2, -0.15) is 0 Å². The van der Waals surface area contributed by atoms with E-state index in [-0.39, 0.29) is 11.6 Å². The lowest BCUT2D eigenvalue weighted by atomic mass is 10.1. The third-order valence-corrected chi connectivity index (χ3v) is 8.37. The Morgan fingerprint density at radius 3 is 2.06 bits per heavy atom. The van der Waals surface area contributed by atoms with Gasteiger partial charge < -0.3 is 25.4 Å². The van der Waals surface area contributed by atoms with Gasteiger partial charge in [-0.25, -0.2) is 0 Å². The van der Waals surface area contributed by atoms with Crippen LogP contribution in [0.25, 0.3) is 6.08 Å². The third kappa shape index (κ3) is 9.14. The number of benzene rings is 5. The Bertz CT molecular complexity index is 1860. The molecule has 9 heteroatoms. The van der Waals surface area contributed by atoms with Gasteiger partial charge in [-0.15, -0.1) is 11.8 Å². The quantitative estimate of drug-likeness (QED) is 0.0876. The van der Waals surface area contributed by atoms with E-state index in [1.807, 2.05) is 79.7 Å². The summed E-state index contributed by atoms with van der Waals surface area (Å²) in [6.45, 7) is 2.37. The molecule has 0 bridgehead atoms. The van der Waals surface area contributed by atoms with E-state index in [1.54, 1.807) is 73.8 Å². The molecule has 0 fully saturated rings. The number of carbonyl (C=O) groups excluding carboxylic acids is 3. The van der Waals surface area contributed by atoms with E-state index >= 15 is 0 Å². The molecule has 5 aromatic rings. The normalized spacial score (nSPS) is 11.6. The van der Waals surface area contributed by atoms with E-state index in [9.17, 15) is 14.4 Å². The van der Waals surface area contributed by atoms with Crippen LogP contribution in [0.1, 0.15) is 33.7 Å². The monoisotopic (exact) mass is 657 g/mol. The fraction of sp³-hybridized carbons (Fsp3) is 0.103. The largest absolute Gasteiger partial charge is 0.497 e. The lowest BCUT2D eigenvalue weighted by molar-refractivity contribution is -0.116. The van der Waals surface area contributed by atoms with Gasteiger partial charge >= 0.3 is 0 Å². The fourth-order valence-corrected chi connectivity index (χ4v) is 5.74. The average Bonchev–Trinajstić information content (AvgIpc) is 3.13. The summed E-state index contributed by atoms with van der Waals surface area (Å²) in [5.41, 5.74) is 3.15. The first-order valence-corrected chi connectivity index (χ1v) is 16.2. The van der Waals surface area contributed by atoms with Crippen LogP contribution >= 0.6 is 11.8 Å². The van der Waals surface area contributed by atoms with Crippen molar-refractivity contribution in [2.45, 2.75) is 17.1 Å². The second-order valence-electron chi connectivity index (χ2n) is 10.5. The molecule has 0 heterocycles. The molecule has 0 aromatic heterocycles. The molecule has 3 N–H and O–H groups in total. The highest BCUT2D eigenvalue weighted by atomic mass is 32.2. The van der Waals surface area contributed by atoms with Crippen molar-refractivity contribution < 1.29 is 23.9 Å². The van der Waals surface area contributed by atoms with Crippen molar-refractivity contribution >= 4 is 46.9 Å². The van der Waals surface area contributed by atoms with Gasteiger partial charge in [-0.3, -0.25) is 14.4 Å². The average molecular weight is 658 g/mol. The summed E-state index contributed by atoms with van der Waals surface area (Å²) in [6, 6.07) is 39.9. The van der Waals surface area contributed by atoms with Crippen molar-refractivity contribution in [2.24, 2.45) is 0 Å². The number of nitrogens with one attached hydrogen (secondary N) is 3. The highest BCUT2D eigenvalue weighted by Gasteiger charge is 2.23. The Balaban J connectivity index is 1.33. The Morgan fingerprint density at radius 1 is 0.750 bits per heavy atom. The van der Waals surface area contributed by atoms with E-state index < -0.39 is 17.1 Å². The molecule has 8 nitrogen and oxygen atoms in total. The molecule has 1 unspecified atom stereocenters. The van der Waals surface area contributed by atoms with E-state index in [2.05, 4.69) is 16.0 Å². The number of para-hydroxylation sites is 2. The van der Waals surface area contributed by atoms with Gasteiger partial charge in [0.1, 0.15) is 22.4 Å². The van der Waals surface area contributed by atoms with Crippen molar-refractivity contribution in [3.63, 3.8) is 0 Å². The summed E-state index contributed by atoms with van der Waals surface area (Å²) >= 11 is 1.39. The Morgan fingerprint density at radius 2 is 1.40 bits per heavy atom. The molecule has 0 saturated heterocycles. The predicted octanol–water partition coefficient (Wildman–Crippen LogP) is 7.98. The summed E-state index contributed by atoms with van der Waals surface area (Å²) in [4.78, 5) is 41.0. The van der Waals surface area contributed by atoms with Crippen LogP contribution in [-0.4, -0.2) is 31.4 Å². The topological polar surface area (TPSA) is 106 Å². The van der Waals surface area contributed by atoms with E-state index in [1.165, 1.54) is 11.8 Å². The maximum Gasteiger partial charge on any atom is 0.272 e. The smallest absolute Gasteiger partial charge is 0.272 e. The number of ether oxygens (including phenoxy) is 2. The van der Waals surface area contributed by atoms with Crippen LogP contribution in [0.2, 0.25) is 0 Å². The summed E-state index contributed by atoms with van der Waals surface area (Å²) in [5, 5.41) is 8.10. The minimum Gasteiger partial charge on any atom is -0.497 e. The number of rotatable bonds is 13. The van der Waals surface area contributed by atoms with Gasteiger partial charge in [-0.05, 0) is 84.8 Å². The molecule has 242 valence electrons. The molecule has 3 amide bonds. The molecule has 0 aliphatic carbocycles. The van der Waals surface area contributed by atoms with Crippen LogP contribution < -0.4 is 25.4 Å². The molecular formula is C39H35N3O5S. The summed E-state index contributed by atoms with van der Waals surface area (Å²) in [6.07, 6.45) is 1.60. The van der Waals surface area contributed by atoms with Gasteiger partial charge in [-0.1, -0.05) is 72.8 Å². The molecule has 1 atom stereocenters. The van der Waals surface area contributed by atoms with Crippen molar-refractivity contribution in [1.29, 1.82) is 0 Å². The standard InChI is InChI=1S/C39H35N3O5S/c1-3-47-35-17-11-10-16-33(35)41-39(45)36(28-12-6-4-7-13-28)48-32-24-20-30(21-25-32)40-38(44)34(26-27-18-22-31(46-2)23-19-27)42-37(43)29-14-8-5-9-15-29/h4-26,36H,3H2,1-2H3,(H,40,44)(H,41,45)(H,42,43)/b34-26-. The molecule has 0 radical (unpaired) electrons. The van der Waals surface area contributed by atoms with Crippen LogP contribution in [-0.2, 0) is 9.59 Å². The number of methoxy groups -OCH3 is 1. The number of hydrogen-bond donors (Lipinski definition) is 3. The number of thioether (sulfide) groups is 1. The lowest BCUT2D eigenvalue weighted by Gasteiger charge is -2.19. The molecule has 5 rings (SSSR count). The zero-order valence-corrected chi connectivity index (χ0v) is 27.3. The Hall–Kier alpha value is -5.80. The van der Waals surface area contributed by atoms with E-state index in [0.29, 0.717) is 40.6 Å². The van der Waals surface area contributed by atoms with Gasteiger partial charge in [0.2, 0.25) is 5.91 Å². The predicted molar refractivity (Wildman–Crippen MR) is 191 cm³/mol. The highest BCUT2D eigenvalue weighted by molar-refractivity contribution is 8.00. The fourth-order valence-electron chi connectivity index (χ4n) is 4.71. The van der Waals surface area contributed by atoms with Crippen LogP contribution in [0.15, 0.2) is 144 Å². The molecule has 0 spiro atoms. The molecule has 0 aliphatic heterocycles. The Kier molecular flexibility index (Phi) is 11.7. The van der Waals surface area contributed by atoms with Gasteiger partial charge in [0.05, 0.1) is 19.4 Å². The highest BCUT2D eigenvalue weighted by Crippen LogP contribution is 2.37. The molecular weight excluding hydrogens is 623 g/mol. The maximum atomic E-state index is 13.6. The number of anilines is 2. The van der Waals surface area contributed by atoms with E-state index in [4.69, 9.17) is 9.47 Å². The van der Waals surface area contributed by atoms with Crippen LogP contribution in [0, 0.1) is 0 Å². The van der Waals surface area contributed by atoms with Crippen molar-refractivity contribution in [1.82, 2.24) is 5.32 Å². The maximum absolute atomic E-state index is 13.6. The summed E-state index contributed by atoms with van der Waals surface area (Å²) in [5.74, 6) is 0.173. The molecule has 0 aliphatic rings. The first kappa shape index (κ1) is 33.6. The van der Waals surface area contributed by atoms with Gasteiger partial charge in [0.25, 0.3) is 11.8 Å². The van der Waals surface area contributed by atoms with Gasteiger partial charge in [0.15, 0.2) is 0 Å². The Labute approximate surface area is 284 Å². The zero-order chi connectivity index (χ0) is 33.7. The second kappa shape index (κ2) is 16.7. The van der Waals surface area contributed by atoms with Crippen LogP contribution in [0.5, 0.6) is 11.5 Å². The van der Waals surface area contributed by atoms with Gasteiger partial charge in [0, 0.05) is 16.1 Å². The first-order chi connectivity index (χ1) is 23.4. The summed E-state index contributed by atoms with van der Waals surface area (Å²) in [7, 11) is 1.58. The molecule has 48 heavy (non-hydrogen) atoms. The molecule has 0 saturated carbocycles. The number of hydrogen-bond acceptors (Lipinski definition) is 6. The number of carbonyl (C=O) groups is 3. The summed E-state index contributed by atoms with van der Waals surface area (Å²) < 4.78 is 10.9. The number of amides is 3. The van der Waals surface area contributed by atoms with Crippen molar-refractivity contribution in [3.05, 3.63) is 156 Å². The molecule has 5 aromatic carbocycles. The first-order valence-electron chi connectivity index (χ1n) is 15.3. The zero-order valence-electron chi connectivity index (χ0n) is 26.5. The SMILES string of the molecule is CCOc1ccccc1NC(=O)C(Sc1ccc(NC(=O)/C(=C/c2ccc(OC)cc2)NC(=O)c2ccccc2)cc1)c1ccccc1. The van der Waals surface area contributed by atoms with Crippen molar-refractivity contribution in [2.75, 3.05) is 24.4 Å². The van der Waals surface area contributed by atoms with Crippen LogP contribution in [0.3, 0.4) is 0 Å². The van der Waals surface area contributed by atoms with Crippen LogP contribution in [0.4, 0.5) is 11.4 Å². The van der Waals surface area contributed by atoms with E-state index in [0.717, 1.165) is 10.5 Å². The second-order valence-corrected chi connectivity index (χ2v) is 11.6. The lowest BCUT2D eigenvalue weighted by Crippen LogP contribution is -2.30.